The van der Waals surface area contributed by atoms with Crippen LogP contribution in [0.2, 0.25) is 0 Å². The fourth-order valence-electron chi connectivity index (χ4n) is 1.64. The van der Waals surface area contributed by atoms with Crippen LogP contribution < -0.4 is 5.32 Å². The zero-order valence-electron chi connectivity index (χ0n) is 8.81. The Morgan fingerprint density at radius 1 is 1.60 bits per heavy atom. The molecular weight excluding hydrogens is 192 g/mol. The third-order valence-electron chi connectivity index (χ3n) is 2.42. The largest absolute Gasteiger partial charge is 0.385 e. The van der Waals surface area contributed by atoms with Crippen LogP contribution in [0.3, 0.4) is 0 Å². The molecule has 5 nitrogen and oxygen atoms in total. The number of nitrogens with one attached hydrogen (secondary N) is 1. The van der Waals surface area contributed by atoms with E-state index < -0.39 is 6.10 Å². The lowest BCUT2D eigenvalue weighted by molar-refractivity contribution is 0.173. The molecule has 0 saturated heterocycles. The maximum atomic E-state index is 9.84. The molecule has 0 fully saturated rings. The van der Waals surface area contributed by atoms with Crippen LogP contribution in [0.25, 0.3) is 5.65 Å². The lowest BCUT2D eigenvalue weighted by atomic mass is 10.2. The molecule has 0 aliphatic heterocycles. The molecule has 0 aromatic carbocycles. The van der Waals surface area contributed by atoms with Crippen molar-refractivity contribution >= 4 is 5.65 Å². The molecule has 0 spiro atoms. The maximum absolute atomic E-state index is 9.84. The standard InChI is InChI=1S/C10H14N4O/c1-7-10(8(15)5-11-2)13-9-3-4-12-6-14(7)9/h3-4,6,8,11,15H,5H2,1-2H3. The van der Waals surface area contributed by atoms with Gasteiger partial charge in [-0.05, 0) is 20.0 Å². The van der Waals surface area contributed by atoms with Gasteiger partial charge in [0.1, 0.15) is 18.1 Å². The second kappa shape index (κ2) is 3.96. The van der Waals surface area contributed by atoms with E-state index in [0.29, 0.717) is 12.2 Å². The molecule has 0 aliphatic carbocycles. The fraction of sp³-hybridized carbons (Fsp3) is 0.400. The molecule has 0 saturated carbocycles. The van der Waals surface area contributed by atoms with Crippen LogP contribution in [0.4, 0.5) is 0 Å². The Labute approximate surface area is 87.8 Å². The van der Waals surface area contributed by atoms with Crippen LogP contribution in [-0.2, 0) is 0 Å². The Hall–Kier alpha value is -1.46. The van der Waals surface area contributed by atoms with Crippen molar-refractivity contribution < 1.29 is 5.11 Å². The molecule has 0 aliphatic rings. The van der Waals surface area contributed by atoms with Gasteiger partial charge in [-0.2, -0.15) is 0 Å². The molecule has 0 amide bonds. The summed E-state index contributed by atoms with van der Waals surface area (Å²) >= 11 is 0. The van der Waals surface area contributed by atoms with Gasteiger partial charge in [-0.1, -0.05) is 0 Å². The van der Waals surface area contributed by atoms with E-state index in [4.69, 9.17) is 0 Å². The summed E-state index contributed by atoms with van der Waals surface area (Å²) in [6.45, 7) is 2.42. The number of aryl methyl sites for hydroxylation is 1. The summed E-state index contributed by atoms with van der Waals surface area (Å²) in [5, 5.41) is 12.8. The molecule has 1 unspecified atom stereocenters. The number of fused-ring (bicyclic) bond motifs is 1. The highest BCUT2D eigenvalue weighted by molar-refractivity contribution is 5.42. The van der Waals surface area contributed by atoms with E-state index in [1.54, 1.807) is 19.6 Å². The molecule has 0 bridgehead atoms. The van der Waals surface area contributed by atoms with Crippen LogP contribution >= 0.6 is 0 Å². The highest BCUT2D eigenvalue weighted by atomic mass is 16.3. The minimum absolute atomic E-state index is 0.498. The van der Waals surface area contributed by atoms with Crippen molar-refractivity contribution in [3.05, 3.63) is 30.0 Å². The van der Waals surface area contributed by atoms with Gasteiger partial charge in [0.05, 0.1) is 5.69 Å². The number of aromatic nitrogens is 3. The Morgan fingerprint density at radius 3 is 3.07 bits per heavy atom. The number of nitrogens with zero attached hydrogens (tertiary/aromatic N) is 3. The second-order valence-corrected chi connectivity index (χ2v) is 3.46. The fourth-order valence-corrected chi connectivity index (χ4v) is 1.64. The van der Waals surface area contributed by atoms with Crippen molar-refractivity contribution in [3.63, 3.8) is 0 Å². The smallest absolute Gasteiger partial charge is 0.140 e. The van der Waals surface area contributed by atoms with Crippen LogP contribution in [0.5, 0.6) is 0 Å². The van der Waals surface area contributed by atoms with E-state index in [2.05, 4.69) is 15.3 Å². The van der Waals surface area contributed by atoms with E-state index >= 15 is 0 Å². The predicted octanol–water partition coefficient (Wildman–Crippen LogP) is 0.291. The molecule has 15 heavy (non-hydrogen) atoms. The van der Waals surface area contributed by atoms with Gasteiger partial charge >= 0.3 is 0 Å². The number of imidazole rings is 1. The first-order valence-corrected chi connectivity index (χ1v) is 4.85. The first-order chi connectivity index (χ1) is 7.24. The van der Waals surface area contributed by atoms with Crippen molar-refractivity contribution in [2.45, 2.75) is 13.0 Å². The topological polar surface area (TPSA) is 62.5 Å². The highest BCUT2D eigenvalue weighted by Gasteiger charge is 2.15. The second-order valence-electron chi connectivity index (χ2n) is 3.46. The molecule has 2 aromatic heterocycles. The SMILES string of the molecule is CNCC(O)c1nc2ccncn2c1C. The van der Waals surface area contributed by atoms with Crippen molar-refractivity contribution in [1.29, 1.82) is 0 Å². The van der Waals surface area contributed by atoms with Gasteiger partial charge in [-0.25, -0.2) is 9.97 Å². The number of aliphatic hydroxyl groups excluding tert-OH is 1. The quantitative estimate of drug-likeness (QED) is 0.757. The summed E-state index contributed by atoms with van der Waals surface area (Å²) in [5.74, 6) is 0. The summed E-state index contributed by atoms with van der Waals surface area (Å²) in [5.41, 5.74) is 2.45. The monoisotopic (exact) mass is 206 g/mol. The number of likely N-dealkylation sites (N-methyl/N-ethyl adjacent to an activating group) is 1. The molecule has 80 valence electrons. The van der Waals surface area contributed by atoms with Gasteiger partial charge in [0.15, 0.2) is 0 Å². The third kappa shape index (κ3) is 1.71. The summed E-state index contributed by atoms with van der Waals surface area (Å²) in [6.07, 6.45) is 2.82. The van der Waals surface area contributed by atoms with Crippen LogP contribution in [-0.4, -0.2) is 33.1 Å². The number of rotatable bonds is 3. The van der Waals surface area contributed by atoms with Gasteiger partial charge in [0.25, 0.3) is 0 Å². The number of hydrogen-bond acceptors (Lipinski definition) is 4. The molecule has 1 atom stereocenters. The highest BCUT2D eigenvalue weighted by Crippen LogP contribution is 2.17. The predicted molar refractivity (Wildman–Crippen MR) is 56.6 cm³/mol. The van der Waals surface area contributed by atoms with Crippen molar-refractivity contribution in [3.8, 4) is 0 Å². The van der Waals surface area contributed by atoms with Crippen LogP contribution in [0, 0.1) is 6.92 Å². The normalized spacial score (nSPS) is 13.3. The number of aliphatic hydroxyl groups is 1. The van der Waals surface area contributed by atoms with Crippen molar-refractivity contribution in [2.24, 2.45) is 0 Å². The average Bonchev–Trinajstić information content (AvgIpc) is 2.57. The number of hydrogen-bond donors (Lipinski definition) is 2. The lowest BCUT2D eigenvalue weighted by Gasteiger charge is -2.07. The van der Waals surface area contributed by atoms with Crippen molar-refractivity contribution in [2.75, 3.05) is 13.6 Å². The Morgan fingerprint density at radius 2 is 2.40 bits per heavy atom. The first-order valence-electron chi connectivity index (χ1n) is 4.85. The van der Waals surface area contributed by atoms with Crippen molar-refractivity contribution in [1.82, 2.24) is 19.7 Å². The summed E-state index contributed by atoms with van der Waals surface area (Å²) in [7, 11) is 1.80. The van der Waals surface area contributed by atoms with Gasteiger partial charge in [-0.15, -0.1) is 0 Å². The molecule has 0 radical (unpaired) electrons. The summed E-state index contributed by atoms with van der Waals surface area (Å²) < 4.78 is 1.87. The van der Waals surface area contributed by atoms with Gasteiger partial charge < -0.3 is 10.4 Å². The van der Waals surface area contributed by atoms with Gasteiger partial charge in [0, 0.05) is 18.4 Å². The van der Waals surface area contributed by atoms with E-state index in [-0.39, 0.29) is 0 Å². The van der Waals surface area contributed by atoms with E-state index in [1.807, 2.05) is 17.4 Å². The van der Waals surface area contributed by atoms with Gasteiger partial charge in [0.2, 0.25) is 0 Å². The Kier molecular flexibility index (Phi) is 2.66. The van der Waals surface area contributed by atoms with Crippen LogP contribution in [0.1, 0.15) is 17.5 Å². The molecule has 2 aromatic rings. The van der Waals surface area contributed by atoms with E-state index in [9.17, 15) is 5.11 Å². The van der Waals surface area contributed by atoms with Crippen LogP contribution in [0.15, 0.2) is 18.6 Å². The summed E-state index contributed by atoms with van der Waals surface area (Å²) in [6, 6.07) is 1.82. The average molecular weight is 206 g/mol. The zero-order chi connectivity index (χ0) is 10.8. The molecule has 5 heteroatoms. The Bertz CT molecular complexity index is 465. The van der Waals surface area contributed by atoms with E-state index in [1.165, 1.54) is 0 Å². The maximum Gasteiger partial charge on any atom is 0.140 e. The first kappa shape index (κ1) is 10.1. The zero-order valence-corrected chi connectivity index (χ0v) is 8.81. The third-order valence-corrected chi connectivity index (χ3v) is 2.42. The molecular formula is C10H14N4O. The summed E-state index contributed by atoms with van der Waals surface area (Å²) in [4.78, 5) is 8.38. The Balaban J connectivity index is 2.48. The lowest BCUT2D eigenvalue weighted by Crippen LogP contribution is -2.17. The van der Waals surface area contributed by atoms with E-state index in [0.717, 1.165) is 11.3 Å². The molecule has 2 heterocycles. The molecule has 2 N–H and O–H groups in total. The van der Waals surface area contributed by atoms with Gasteiger partial charge in [-0.3, -0.25) is 4.40 Å². The minimum atomic E-state index is -0.574. The minimum Gasteiger partial charge on any atom is -0.385 e. The molecule has 2 rings (SSSR count).